The maximum absolute atomic E-state index is 14.7. The van der Waals surface area contributed by atoms with E-state index in [4.69, 9.17) is 9.84 Å². The van der Waals surface area contributed by atoms with Gasteiger partial charge in [-0.1, -0.05) is 81.7 Å². The highest BCUT2D eigenvalue weighted by molar-refractivity contribution is 6.31. The van der Waals surface area contributed by atoms with E-state index in [9.17, 15) is 14.4 Å². The summed E-state index contributed by atoms with van der Waals surface area (Å²) in [6.45, 7) is 28.1. The van der Waals surface area contributed by atoms with E-state index in [0.29, 0.717) is 41.8 Å². The van der Waals surface area contributed by atoms with Gasteiger partial charge in [-0.3, -0.25) is 19.3 Å². The van der Waals surface area contributed by atoms with Crippen LogP contribution in [0.15, 0.2) is 58.7 Å². The smallest absolute Gasteiger partial charge is 0.302 e. The summed E-state index contributed by atoms with van der Waals surface area (Å²) in [6, 6.07) is 8.21. The first-order chi connectivity index (χ1) is 27.4. The van der Waals surface area contributed by atoms with Gasteiger partial charge in [-0.2, -0.15) is 4.59 Å². The number of fused-ring (bicyclic) bond motifs is 10. The molecule has 9 atom stereocenters. The molecule has 0 saturated heterocycles. The average molecular weight is 829 g/mol. The zero-order valence-corrected chi connectivity index (χ0v) is 38.1. The van der Waals surface area contributed by atoms with Crippen LogP contribution in [-0.4, -0.2) is 67.2 Å². The number of rotatable bonds is 9. The molecule has 9 nitrogen and oxygen atoms in total. The monoisotopic (exact) mass is 828 g/mol. The van der Waals surface area contributed by atoms with Gasteiger partial charge in [-0.15, -0.1) is 0 Å². The number of ether oxygens (including phenoxy) is 1. The lowest BCUT2D eigenvalue weighted by Crippen LogP contribution is -3.00. The fourth-order valence-electron chi connectivity index (χ4n) is 14.6. The fourth-order valence-corrected chi connectivity index (χ4v) is 14.6. The van der Waals surface area contributed by atoms with Gasteiger partial charge >= 0.3 is 5.97 Å². The third-order valence-corrected chi connectivity index (χ3v) is 18.0. The molecule has 59 heavy (non-hydrogen) atoms. The number of esters is 1. The molecule has 1 aromatic carbocycles. The molecule has 5 aliphatic carbocycles. The summed E-state index contributed by atoms with van der Waals surface area (Å²) in [5, 5.41) is 11.6. The van der Waals surface area contributed by atoms with Crippen molar-refractivity contribution in [2.45, 2.75) is 126 Å². The van der Waals surface area contributed by atoms with Gasteiger partial charge in [0.05, 0.1) is 16.7 Å². The molecule has 2 aliphatic heterocycles. The Kier molecular flexibility index (Phi) is 11.2. The SMILES string of the molecule is C=C(C)[C@@H]1CC[C@]2(C(=O)NCCNC(=O)C3=Cc4ccccc4N4C[N+](CC)(CC)N=C34)CC[C@]3(C)C(=CC[C@@H]4[C@@]5(C)CC[C@H](OC(C)=O)C(C)(C)[C@@H]5CC[C@]43C)[C@H]12.[Cl-]. The summed E-state index contributed by atoms with van der Waals surface area (Å²) in [6.07, 6.45) is 13.6. The van der Waals surface area contributed by atoms with Gasteiger partial charge in [0, 0.05) is 31.3 Å². The Balaban J connectivity index is 0.00000528. The number of para-hydroxylation sites is 1. The van der Waals surface area contributed by atoms with E-state index in [0.717, 1.165) is 88.0 Å². The standard InChI is InChI=1S/C49H69N5O4.ClH/c1-11-54(12-2)30-53-37-16-14-13-15-33(37)29-35(42(53)52-54)43(56)50-27-28-51-44(57)49-24-19-34(31(3)4)41(49)36-17-18-39-46(8)22-21-40(58-32(5)55)45(6,7)38(46)20-23-48(39,10)47(36,9)25-26-49;/h13-17,29,34,38-41H,3,11-12,18-28,30H2,1-2,4-10H3,(H-,50,51,56,57);1H/t34-,38-,39+,40-,41-,46-,47+,48+,49-;/m0./s1. The highest BCUT2D eigenvalue weighted by Gasteiger charge is 2.70. The second-order valence-electron chi connectivity index (χ2n) is 20.7. The number of quaternary nitrogens is 1. The number of amides is 2. The molecule has 0 bridgehead atoms. The Morgan fingerprint density at radius 3 is 2.32 bits per heavy atom. The van der Waals surface area contributed by atoms with E-state index in [1.807, 2.05) is 18.2 Å². The predicted octanol–water partition coefficient (Wildman–Crippen LogP) is 5.78. The first-order valence-corrected chi connectivity index (χ1v) is 22.6. The van der Waals surface area contributed by atoms with E-state index < -0.39 is 5.41 Å². The van der Waals surface area contributed by atoms with Crippen molar-refractivity contribution in [3.63, 3.8) is 0 Å². The number of anilines is 1. The Morgan fingerprint density at radius 2 is 1.63 bits per heavy atom. The highest BCUT2D eigenvalue weighted by Crippen LogP contribution is 2.76. The number of amidine groups is 1. The van der Waals surface area contributed by atoms with E-state index >= 15 is 0 Å². The molecular formula is C49H70ClN5O4. The Morgan fingerprint density at radius 1 is 0.915 bits per heavy atom. The zero-order valence-electron chi connectivity index (χ0n) is 37.3. The Labute approximate surface area is 359 Å². The predicted molar refractivity (Wildman–Crippen MR) is 231 cm³/mol. The minimum absolute atomic E-state index is 0. The number of halogens is 1. The van der Waals surface area contributed by atoms with Crippen LogP contribution in [0, 0.1) is 50.7 Å². The second kappa shape index (κ2) is 15.2. The average Bonchev–Trinajstić information content (AvgIpc) is 3.79. The molecule has 4 fully saturated rings. The molecule has 7 aliphatic rings. The van der Waals surface area contributed by atoms with Crippen molar-refractivity contribution in [3.05, 3.63) is 59.2 Å². The lowest BCUT2D eigenvalue weighted by atomic mass is 9.34. The van der Waals surface area contributed by atoms with Crippen molar-refractivity contribution in [1.29, 1.82) is 0 Å². The number of hydrogen-bond donors (Lipinski definition) is 2. The van der Waals surface area contributed by atoms with Crippen molar-refractivity contribution in [2.75, 3.05) is 37.7 Å². The number of hydrogen-bond acceptors (Lipinski definition) is 6. The third kappa shape index (κ3) is 6.39. The minimum atomic E-state index is -0.483. The van der Waals surface area contributed by atoms with E-state index in [-0.39, 0.29) is 69.8 Å². The summed E-state index contributed by atoms with van der Waals surface area (Å²) >= 11 is 0. The van der Waals surface area contributed by atoms with E-state index in [1.54, 1.807) is 6.92 Å². The lowest BCUT2D eigenvalue weighted by Gasteiger charge is -2.70. The second-order valence-corrected chi connectivity index (χ2v) is 20.7. The van der Waals surface area contributed by atoms with Crippen LogP contribution in [0.4, 0.5) is 5.69 Å². The van der Waals surface area contributed by atoms with Crippen LogP contribution in [0.1, 0.15) is 126 Å². The topological polar surface area (TPSA) is 100 Å². The van der Waals surface area contributed by atoms with Gasteiger partial charge < -0.3 is 27.8 Å². The number of carbonyl (C=O) groups excluding carboxylic acids is 3. The summed E-state index contributed by atoms with van der Waals surface area (Å²) in [4.78, 5) is 43.0. The molecule has 1 aromatic rings. The van der Waals surface area contributed by atoms with Gasteiger partial charge in [-0.05, 0) is 130 Å². The third-order valence-electron chi connectivity index (χ3n) is 18.0. The molecule has 2 amide bonds. The van der Waals surface area contributed by atoms with E-state index in [1.165, 1.54) is 11.1 Å². The highest BCUT2D eigenvalue weighted by atomic mass is 35.5. The van der Waals surface area contributed by atoms with Crippen molar-refractivity contribution >= 4 is 35.4 Å². The molecule has 2 N–H and O–H groups in total. The molecule has 0 radical (unpaired) electrons. The van der Waals surface area contributed by atoms with Crippen LogP contribution in [0.25, 0.3) is 6.08 Å². The molecule has 0 spiro atoms. The van der Waals surface area contributed by atoms with Crippen LogP contribution in [0.3, 0.4) is 0 Å². The van der Waals surface area contributed by atoms with Gasteiger partial charge in [0.2, 0.25) is 11.7 Å². The fraction of sp³-hybridized carbons (Fsp3) is 0.673. The van der Waals surface area contributed by atoms with Crippen LogP contribution in [0.2, 0.25) is 0 Å². The van der Waals surface area contributed by atoms with Crippen molar-refractivity contribution < 1.29 is 36.1 Å². The van der Waals surface area contributed by atoms with Crippen LogP contribution in [-0.2, 0) is 19.1 Å². The maximum atomic E-state index is 14.7. The Bertz CT molecular complexity index is 2000. The minimum Gasteiger partial charge on any atom is -1.00 e. The van der Waals surface area contributed by atoms with Crippen molar-refractivity contribution in [2.24, 2.45) is 55.8 Å². The molecule has 10 heteroatoms. The number of nitrogens with one attached hydrogen (secondary N) is 2. The lowest BCUT2D eigenvalue weighted by molar-refractivity contribution is -0.925. The Hall–Kier alpha value is -3.43. The number of benzene rings is 1. The zero-order chi connectivity index (χ0) is 41.6. The molecule has 2 heterocycles. The van der Waals surface area contributed by atoms with Gasteiger partial charge in [0.25, 0.3) is 5.91 Å². The first kappa shape index (κ1) is 43.7. The number of carbonyl (C=O) groups is 3. The molecule has 322 valence electrons. The molecule has 4 saturated carbocycles. The molecule has 8 rings (SSSR count). The van der Waals surface area contributed by atoms with Crippen LogP contribution >= 0.6 is 0 Å². The normalized spacial score (nSPS) is 36.9. The molecule has 0 unspecified atom stereocenters. The molecule has 0 aromatic heterocycles. The van der Waals surface area contributed by atoms with Gasteiger partial charge in [0.15, 0.2) is 6.67 Å². The summed E-state index contributed by atoms with van der Waals surface area (Å²) in [5.74, 6) is 1.94. The van der Waals surface area contributed by atoms with E-state index in [2.05, 4.69) is 95.7 Å². The maximum Gasteiger partial charge on any atom is 0.302 e. The number of nitrogens with zero attached hydrogens (tertiary/aromatic N) is 3. The van der Waals surface area contributed by atoms with Crippen LogP contribution < -0.4 is 27.9 Å². The largest absolute Gasteiger partial charge is 1.00 e. The summed E-state index contributed by atoms with van der Waals surface area (Å²) in [5.41, 5.74) is 5.04. The summed E-state index contributed by atoms with van der Waals surface area (Å²) < 4.78 is 6.53. The first-order valence-electron chi connectivity index (χ1n) is 22.6. The van der Waals surface area contributed by atoms with Gasteiger partial charge in [-0.25, -0.2) is 0 Å². The van der Waals surface area contributed by atoms with Crippen LogP contribution in [0.5, 0.6) is 0 Å². The quantitative estimate of drug-likeness (QED) is 0.143. The van der Waals surface area contributed by atoms with Crippen molar-refractivity contribution in [3.8, 4) is 0 Å². The van der Waals surface area contributed by atoms with Gasteiger partial charge in [0.1, 0.15) is 19.2 Å². The molecular weight excluding hydrogens is 758 g/mol. The summed E-state index contributed by atoms with van der Waals surface area (Å²) in [7, 11) is 0. The number of allylic oxidation sites excluding steroid dienone is 3. The van der Waals surface area contributed by atoms with Crippen molar-refractivity contribution in [1.82, 2.24) is 10.6 Å².